The number of benzene rings is 7. The Morgan fingerprint density at radius 1 is 0.288 bits per heavy atom. The Labute approximate surface area is 429 Å². The molecule has 380 valence electrons. The first-order valence-electron chi connectivity index (χ1n) is 25.2. The molecule has 0 aliphatic carbocycles. The van der Waals surface area contributed by atoms with Gasteiger partial charge in [0.2, 0.25) is 0 Å². The molecular weight excluding hydrogens is 921 g/mol. The molecule has 0 saturated carbocycles. The van der Waals surface area contributed by atoms with Gasteiger partial charge in [-0.3, -0.25) is 0 Å². The third-order valence-corrected chi connectivity index (χ3v) is 13.0. The van der Waals surface area contributed by atoms with Crippen molar-refractivity contribution in [3.8, 4) is 0 Å². The van der Waals surface area contributed by atoms with Gasteiger partial charge in [-0.05, 0) is 38.9 Å². The van der Waals surface area contributed by atoms with Gasteiger partial charge in [-0.1, -0.05) is 212 Å². The van der Waals surface area contributed by atoms with Crippen LogP contribution in [0, 0.1) is 0 Å². The minimum atomic E-state index is -1.11. The van der Waals surface area contributed by atoms with Gasteiger partial charge in [-0.25, -0.2) is 0 Å². The number of hydrogen-bond acceptors (Lipinski definition) is 11. The van der Waals surface area contributed by atoms with Crippen LogP contribution in [0.4, 0.5) is 0 Å². The molecule has 0 bridgehead atoms. The summed E-state index contributed by atoms with van der Waals surface area (Å²) in [5, 5.41) is 11.1. The lowest BCUT2D eigenvalue weighted by atomic mass is 9.93. The quantitative estimate of drug-likeness (QED) is 0.0560. The lowest BCUT2D eigenvalue weighted by Gasteiger charge is -2.50. The van der Waals surface area contributed by atoms with E-state index in [4.69, 9.17) is 47.4 Å². The zero-order valence-corrected chi connectivity index (χ0v) is 41.1. The summed E-state index contributed by atoms with van der Waals surface area (Å²) in [6.45, 7) is 1.76. The second-order valence-electron chi connectivity index (χ2n) is 18.3. The van der Waals surface area contributed by atoms with E-state index in [-0.39, 0.29) is 52.9 Å². The molecule has 10 atom stereocenters. The molecule has 2 heterocycles. The molecule has 11 nitrogen and oxygen atoms in total. The lowest BCUT2D eigenvalue weighted by Crippen LogP contribution is -2.66. The van der Waals surface area contributed by atoms with Gasteiger partial charge in [0.1, 0.15) is 54.9 Å². The average Bonchev–Trinajstić information content (AvgIpc) is 3.45. The van der Waals surface area contributed by atoms with Crippen molar-refractivity contribution in [1.29, 1.82) is 0 Å². The highest BCUT2D eigenvalue weighted by Crippen LogP contribution is 2.37. The van der Waals surface area contributed by atoms with Gasteiger partial charge in [0.05, 0.1) is 66.1 Å². The summed E-state index contributed by atoms with van der Waals surface area (Å²) in [6.07, 6.45) is -8.26. The minimum absolute atomic E-state index is 0.0925. The van der Waals surface area contributed by atoms with Crippen LogP contribution in [0.15, 0.2) is 212 Å². The fraction of sp³-hybridized carbons (Fsp3) is 0.323. The van der Waals surface area contributed by atoms with E-state index in [1.165, 1.54) is 0 Å². The Morgan fingerprint density at radius 2 is 0.562 bits per heavy atom. The number of aliphatic hydroxyl groups excluding tert-OH is 1. The van der Waals surface area contributed by atoms with E-state index in [1.807, 2.05) is 212 Å². The van der Waals surface area contributed by atoms with Crippen LogP contribution < -0.4 is 0 Å². The molecule has 1 N–H and O–H groups in total. The maximum Gasteiger partial charge on any atom is 0.187 e. The molecule has 7 aromatic rings. The highest BCUT2D eigenvalue weighted by molar-refractivity contribution is 5.19. The summed E-state index contributed by atoms with van der Waals surface area (Å²) in [7, 11) is 0. The minimum Gasteiger partial charge on any atom is -0.394 e. The Morgan fingerprint density at radius 3 is 0.904 bits per heavy atom. The van der Waals surface area contributed by atoms with Crippen molar-refractivity contribution in [2.45, 2.75) is 107 Å². The molecule has 2 fully saturated rings. The first kappa shape index (κ1) is 52.0. The lowest BCUT2D eigenvalue weighted by molar-refractivity contribution is -0.364. The molecule has 0 amide bonds. The largest absolute Gasteiger partial charge is 0.394 e. The van der Waals surface area contributed by atoms with Crippen LogP contribution in [0.2, 0.25) is 0 Å². The van der Waals surface area contributed by atoms with Crippen molar-refractivity contribution in [2.75, 3.05) is 19.8 Å². The molecular formula is C62H66O11. The van der Waals surface area contributed by atoms with Crippen molar-refractivity contribution in [2.24, 2.45) is 0 Å². The average molecular weight is 987 g/mol. The first-order chi connectivity index (χ1) is 36.2. The molecule has 2 aliphatic rings. The molecule has 0 unspecified atom stereocenters. The van der Waals surface area contributed by atoms with Gasteiger partial charge in [0.15, 0.2) is 6.29 Å². The highest BCUT2D eigenvalue weighted by Gasteiger charge is 2.54. The Balaban J connectivity index is 1.11. The number of hydrogen-bond donors (Lipinski definition) is 1. The molecule has 0 aromatic heterocycles. The summed E-state index contributed by atoms with van der Waals surface area (Å²) < 4.78 is 69.5. The number of aliphatic hydroxyl groups is 1. The van der Waals surface area contributed by atoms with Crippen LogP contribution in [-0.4, -0.2) is 86.2 Å². The molecule has 2 saturated heterocycles. The summed E-state index contributed by atoms with van der Waals surface area (Å²) >= 11 is 0. The van der Waals surface area contributed by atoms with Gasteiger partial charge >= 0.3 is 0 Å². The van der Waals surface area contributed by atoms with Crippen molar-refractivity contribution in [1.82, 2.24) is 0 Å². The SMILES string of the molecule is OC[C@@H]1O[C@H](COCc2ccccc2)[C@@H](O[C@@H]2O[C@H](COCc3ccccc3)[C@@H](OCc3ccccc3)[C@H](OCc3ccccc3)[C@H]2OCc2ccccc2)[C@H](OCc2ccccc2)[C@H]1OCc1ccccc1. The molecule has 11 heteroatoms. The van der Waals surface area contributed by atoms with E-state index >= 15 is 0 Å². The van der Waals surface area contributed by atoms with E-state index in [9.17, 15) is 5.11 Å². The van der Waals surface area contributed by atoms with Gasteiger partial charge in [-0.2, -0.15) is 0 Å². The Kier molecular flexibility index (Phi) is 19.9. The second kappa shape index (κ2) is 28.0. The smallest absolute Gasteiger partial charge is 0.187 e. The van der Waals surface area contributed by atoms with E-state index in [2.05, 4.69) is 0 Å². The van der Waals surface area contributed by atoms with E-state index in [1.54, 1.807) is 0 Å². The third kappa shape index (κ3) is 15.3. The van der Waals surface area contributed by atoms with Gasteiger partial charge < -0.3 is 52.5 Å². The fourth-order valence-electron chi connectivity index (χ4n) is 9.24. The van der Waals surface area contributed by atoms with E-state index < -0.39 is 61.2 Å². The Hall–Kier alpha value is -5.90. The van der Waals surface area contributed by atoms with Gasteiger partial charge in [0.25, 0.3) is 0 Å². The maximum atomic E-state index is 11.1. The number of rotatable bonds is 26. The maximum absolute atomic E-state index is 11.1. The van der Waals surface area contributed by atoms with Crippen molar-refractivity contribution in [3.63, 3.8) is 0 Å². The van der Waals surface area contributed by atoms with Crippen LogP contribution in [-0.2, 0) is 93.6 Å². The predicted molar refractivity (Wildman–Crippen MR) is 277 cm³/mol. The summed E-state index contributed by atoms with van der Waals surface area (Å²) in [6, 6.07) is 70.0. The highest BCUT2D eigenvalue weighted by atomic mass is 16.7. The van der Waals surface area contributed by atoms with Crippen LogP contribution in [0.3, 0.4) is 0 Å². The van der Waals surface area contributed by atoms with Crippen molar-refractivity contribution >= 4 is 0 Å². The number of ether oxygens (including phenoxy) is 10. The van der Waals surface area contributed by atoms with E-state index in [0.29, 0.717) is 13.2 Å². The molecule has 0 spiro atoms. The fourth-order valence-corrected chi connectivity index (χ4v) is 9.24. The van der Waals surface area contributed by atoms with Gasteiger partial charge in [-0.15, -0.1) is 0 Å². The standard InChI is InChI=1S/C62H66O11/c63-36-53-56(66-39-48-26-12-3-13-27-48)59(68-41-50-30-16-5-17-31-50)58(55(71-53)45-65-38-47-24-10-2-11-25-47)73-62-61(70-43-52-34-20-7-21-35-52)60(69-42-51-32-18-6-19-33-51)57(67-40-49-28-14-4-15-29-49)54(72-62)44-64-37-46-22-8-1-9-23-46/h1-35,53-63H,36-45H2/t53-,54+,55+,56-,57+,58+,59+,60-,61+,62-/m0/s1. The third-order valence-electron chi connectivity index (χ3n) is 13.0. The topological polar surface area (TPSA) is 113 Å². The van der Waals surface area contributed by atoms with Crippen LogP contribution in [0.1, 0.15) is 38.9 Å². The monoisotopic (exact) mass is 986 g/mol. The van der Waals surface area contributed by atoms with Crippen molar-refractivity contribution < 1.29 is 52.5 Å². The van der Waals surface area contributed by atoms with Crippen LogP contribution in [0.25, 0.3) is 0 Å². The molecule has 9 rings (SSSR count). The summed E-state index contributed by atoms with van der Waals surface area (Å²) in [4.78, 5) is 0. The summed E-state index contributed by atoms with van der Waals surface area (Å²) in [5.41, 5.74) is 6.85. The second-order valence-corrected chi connectivity index (χ2v) is 18.3. The predicted octanol–water partition coefficient (Wildman–Crippen LogP) is 10.2. The van der Waals surface area contributed by atoms with Crippen LogP contribution >= 0.6 is 0 Å². The Bertz CT molecular complexity index is 2560. The summed E-state index contributed by atoms with van der Waals surface area (Å²) in [5.74, 6) is 0. The zero-order valence-electron chi connectivity index (χ0n) is 41.1. The van der Waals surface area contributed by atoms with Gasteiger partial charge in [0, 0.05) is 0 Å². The molecule has 0 radical (unpaired) electrons. The molecule has 7 aromatic carbocycles. The van der Waals surface area contributed by atoms with Crippen LogP contribution in [0.5, 0.6) is 0 Å². The molecule has 2 aliphatic heterocycles. The zero-order chi connectivity index (χ0) is 49.7. The first-order valence-corrected chi connectivity index (χ1v) is 25.2. The molecule has 73 heavy (non-hydrogen) atoms. The van der Waals surface area contributed by atoms with Crippen molar-refractivity contribution in [3.05, 3.63) is 251 Å². The normalized spacial score (nSPS) is 24.0. The van der Waals surface area contributed by atoms with E-state index in [0.717, 1.165) is 38.9 Å².